The van der Waals surface area contributed by atoms with E-state index in [-0.39, 0.29) is 28.5 Å². The van der Waals surface area contributed by atoms with Gasteiger partial charge in [-0.05, 0) is 45.2 Å². The fraction of sp³-hybridized carbons (Fsp3) is 0.634. The van der Waals surface area contributed by atoms with Gasteiger partial charge in [0.05, 0.1) is 17.6 Å². The Morgan fingerprint density at radius 2 is 0.917 bits per heavy atom. The number of ether oxygens (including phenoxy) is 1. The third kappa shape index (κ3) is 16.3. The van der Waals surface area contributed by atoms with Gasteiger partial charge in [-0.2, -0.15) is 0 Å². The minimum absolute atomic E-state index is 0.151. The van der Waals surface area contributed by atoms with Gasteiger partial charge in [-0.1, -0.05) is 152 Å². The molecule has 0 amide bonds. The maximum Gasteiger partial charge on any atom is 0.315 e. The SMILES string of the molecule is CCCCCCCCCCCCCCCCCCOC(=O)CSC(c1ccc(C(=O)C(C)(C)O)cc1)c1ccc(C(=O)C(C)(C)O)cc1. The second-order valence-corrected chi connectivity index (χ2v) is 15.3. The van der Waals surface area contributed by atoms with Gasteiger partial charge in [0.2, 0.25) is 0 Å². The summed E-state index contributed by atoms with van der Waals surface area (Å²) in [4.78, 5) is 37.8. The zero-order valence-electron chi connectivity index (χ0n) is 30.4. The van der Waals surface area contributed by atoms with Gasteiger partial charge in [-0.25, -0.2) is 0 Å². The molecular weight excluding hydrogens is 621 g/mol. The molecule has 7 heteroatoms. The van der Waals surface area contributed by atoms with Crippen LogP contribution in [0.15, 0.2) is 48.5 Å². The largest absolute Gasteiger partial charge is 0.465 e. The summed E-state index contributed by atoms with van der Waals surface area (Å²) in [6.07, 6.45) is 20.7. The first-order valence-electron chi connectivity index (χ1n) is 18.4. The summed E-state index contributed by atoms with van der Waals surface area (Å²) in [6.45, 7) is 8.54. The van der Waals surface area contributed by atoms with Crippen LogP contribution in [0.5, 0.6) is 0 Å². The van der Waals surface area contributed by atoms with Gasteiger partial charge in [-0.3, -0.25) is 14.4 Å². The lowest BCUT2D eigenvalue weighted by Crippen LogP contribution is -2.31. The lowest BCUT2D eigenvalue weighted by atomic mass is 9.93. The first kappa shape index (κ1) is 41.7. The van der Waals surface area contributed by atoms with E-state index in [2.05, 4.69) is 6.92 Å². The number of esters is 1. The average Bonchev–Trinajstić information content (AvgIpc) is 3.05. The molecule has 2 aromatic rings. The monoisotopic (exact) mass is 682 g/mol. The van der Waals surface area contributed by atoms with Crippen molar-refractivity contribution in [1.82, 2.24) is 0 Å². The average molecular weight is 683 g/mol. The van der Waals surface area contributed by atoms with E-state index in [1.54, 1.807) is 24.3 Å². The lowest BCUT2D eigenvalue weighted by molar-refractivity contribution is -0.140. The number of Topliss-reactive ketones (excluding diaryl/α,β-unsaturated/α-hetero) is 2. The zero-order chi connectivity index (χ0) is 35.4. The summed E-state index contributed by atoms with van der Waals surface area (Å²) >= 11 is 1.42. The Morgan fingerprint density at radius 3 is 1.25 bits per heavy atom. The van der Waals surface area contributed by atoms with Crippen LogP contribution in [0.25, 0.3) is 0 Å². The molecule has 2 rings (SSSR count). The van der Waals surface area contributed by atoms with Crippen LogP contribution in [0, 0.1) is 0 Å². The van der Waals surface area contributed by atoms with Crippen molar-refractivity contribution in [2.45, 2.75) is 154 Å². The lowest BCUT2D eigenvalue weighted by Gasteiger charge is -2.20. The fourth-order valence-electron chi connectivity index (χ4n) is 5.74. The summed E-state index contributed by atoms with van der Waals surface area (Å²) in [5.74, 6) is -0.859. The number of carbonyl (C=O) groups excluding carboxylic acids is 3. The highest BCUT2D eigenvalue weighted by Gasteiger charge is 2.27. The molecule has 0 spiro atoms. The number of hydrogen-bond acceptors (Lipinski definition) is 7. The molecular formula is C41H62O6S. The Hall–Kier alpha value is -2.48. The van der Waals surface area contributed by atoms with Crippen LogP contribution in [0.1, 0.15) is 174 Å². The highest BCUT2D eigenvalue weighted by molar-refractivity contribution is 8.00. The van der Waals surface area contributed by atoms with E-state index in [9.17, 15) is 24.6 Å². The predicted molar refractivity (Wildman–Crippen MR) is 199 cm³/mol. The van der Waals surface area contributed by atoms with E-state index < -0.39 is 11.2 Å². The van der Waals surface area contributed by atoms with Crippen LogP contribution in [-0.2, 0) is 9.53 Å². The topological polar surface area (TPSA) is 101 Å². The molecule has 0 unspecified atom stereocenters. The maximum atomic E-state index is 12.7. The first-order chi connectivity index (χ1) is 22.8. The van der Waals surface area contributed by atoms with E-state index in [4.69, 9.17) is 4.74 Å². The molecule has 2 aromatic carbocycles. The molecule has 0 saturated carbocycles. The zero-order valence-corrected chi connectivity index (χ0v) is 31.2. The van der Waals surface area contributed by atoms with Crippen molar-refractivity contribution < 1.29 is 29.3 Å². The molecule has 0 bridgehead atoms. The Kier molecular flexibility index (Phi) is 19.4. The molecule has 48 heavy (non-hydrogen) atoms. The number of carbonyl (C=O) groups is 3. The van der Waals surface area contributed by atoms with Crippen LogP contribution in [0.3, 0.4) is 0 Å². The van der Waals surface area contributed by atoms with Gasteiger partial charge < -0.3 is 14.9 Å². The minimum Gasteiger partial charge on any atom is -0.465 e. The van der Waals surface area contributed by atoms with E-state index in [1.165, 1.54) is 129 Å². The molecule has 0 radical (unpaired) electrons. The van der Waals surface area contributed by atoms with E-state index in [0.717, 1.165) is 24.0 Å². The molecule has 0 aliphatic carbocycles. The number of aliphatic hydroxyl groups is 2. The van der Waals surface area contributed by atoms with Crippen LogP contribution in [0.2, 0.25) is 0 Å². The summed E-state index contributed by atoms with van der Waals surface area (Å²) in [6, 6.07) is 14.1. The Labute approximate surface area is 294 Å². The number of ketones is 2. The van der Waals surface area contributed by atoms with E-state index >= 15 is 0 Å². The number of thioether (sulfide) groups is 1. The first-order valence-corrected chi connectivity index (χ1v) is 19.4. The second-order valence-electron chi connectivity index (χ2n) is 14.2. The summed E-state index contributed by atoms with van der Waals surface area (Å²) in [5.41, 5.74) is -0.402. The molecule has 0 aliphatic heterocycles. The summed E-state index contributed by atoms with van der Waals surface area (Å²) in [7, 11) is 0. The number of rotatable bonds is 26. The maximum absolute atomic E-state index is 12.7. The summed E-state index contributed by atoms with van der Waals surface area (Å²) < 4.78 is 5.55. The minimum atomic E-state index is -1.48. The van der Waals surface area contributed by atoms with E-state index in [0.29, 0.717) is 17.7 Å². The van der Waals surface area contributed by atoms with Crippen molar-refractivity contribution in [3.05, 3.63) is 70.8 Å². The van der Waals surface area contributed by atoms with Crippen molar-refractivity contribution >= 4 is 29.3 Å². The molecule has 0 aromatic heterocycles. The van der Waals surface area contributed by atoms with Gasteiger partial charge in [0.15, 0.2) is 11.6 Å². The van der Waals surface area contributed by atoms with Crippen molar-refractivity contribution in [2.75, 3.05) is 12.4 Å². The third-order valence-corrected chi connectivity index (χ3v) is 9.97. The van der Waals surface area contributed by atoms with E-state index in [1.807, 2.05) is 24.3 Å². The fourth-order valence-corrected chi connectivity index (χ4v) is 6.82. The highest BCUT2D eigenvalue weighted by Crippen LogP contribution is 2.36. The van der Waals surface area contributed by atoms with Crippen molar-refractivity contribution in [1.29, 1.82) is 0 Å². The van der Waals surface area contributed by atoms with Crippen LogP contribution < -0.4 is 0 Å². The Balaban J connectivity index is 1.76. The molecule has 0 atom stereocenters. The molecule has 0 heterocycles. The van der Waals surface area contributed by atoms with Gasteiger partial charge in [0.1, 0.15) is 11.2 Å². The van der Waals surface area contributed by atoms with Crippen LogP contribution in [-0.4, -0.2) is 51.3 Å². The van der Waals surface area contributed by atoms with Gasteiger partial charge in [-0.15, -0.1) is 11.8 Å². The van der Waals surface area contributed by atoms with Gasteiger partial charge in [0, 0.05) is 11.1 Å². The molecule has 0 fully saturated rings. The second kappa shape index (κ2) is 22.3. The van der Waals surface area contributed by atoms with Crippen molar-refractivity contribution in [2.24, 2.45) is 0 Å². The summed E-state index contributed by atoms with van der Waals surface area (Å²) in [5, 5.41) is 20.0. The van der Waals surface area contributed by atoms with Crippen LogP contribution >= 0.6 is 11.8 Å². The third-order valence-electron chi connectivity index (χ3n) is 8.69. The molecule has 268 valence electrons. The highest BCUT2D eigenvalue weighted by atomic mass is 32.2. The van der Waals surface area contributed by atoms with Gasteiger partial charge >= 0.3 is 5.97 Å². The Morgan fingerprint density at radius 1 is 0.583 bits per heavy atom. The number of unbranched alkanes of at least 4 members (excludes halogenated alkanes) is 15. The predicted octanol–water partition coefficient (Wildman–Crippen LogP) is 10.2. The molecule has 0 saturated heterocycles. The van der Waals surface area contributed by atoms with Crippen molar-refractivity contribution in [3.8, 4) is 0 Å². The quantitative estimate of drug-likeness (QED) is 0.0578. The van der Waals surface area contributed by atoms with Gasteiger partial charge in [0.25, 0.3) is 0 Å². The Bertz CT molecular complexity index is 1140. The molecule has 2 N–H and O–H groups in total. The molecule has 6 nitrogen and oxygen atoms in total. The normalized spacial score (nSPS) is 12.0. The number of benzene rings is 2. The molecule has 0 aliphatic rings. The number of hydrogen-bond donors (Lipinski definition) is 2. The van der Waals surface area contributed by atoms with Crippen molar-refractivity contribution in [3.63, 3.8) is 0 Å². The van der Waals surface area contributed by atoms with Crippen LogP contribution in [0.4, 0.5) is 0 Å². The standard InChI is InChI=1S/C41H62O6S/c1-6-7-8-9-10-11-12-13-14-15-16-17-18-19-20-21-30-47-36(42)31-48-37(32-22-26-34(27-23-32)38(43)40(2,3)45)33-24-28-35(29-25-33)39(44)41(4,5)46/h22-29,37,45-46H,6-21,30-31H2,1-5H3. The smallest absolute Gasteiger partial charge is 0.315 e.